The van der Waals surface area contributed by atoms with Crippen molar-refractivity contribution in [1.29, 1.82) is 0 Å². The van der Waals surface area contributed by atoms with Gasteiger partial charge in [-0.05, 0) is 25.0 Å². The number of para-hydroxylation sites is 1. The minimum absolute atomic E-state index is 0.118. The van der Waals surface area contributed by atoms with Crippen LogP contribution < -0.4 is 10.6 Å². The van der Waals surface area contributed by atoms with Gasteiger partial charge in [0.2, 0.25) is 5.91 Å². The molecular formula is C18H25N3O4. The second-order valence-electron chi connectivity index (χ2n) is 6.70. The predicted octanol–water partition coefficient (Wildman–Crippen LogP) is -0.340. The average Bonchev–Trinajstić information content (AvgIpc) is 3.03. The summed E-state index contributed by atoms with van der Waals surface area (Å²) >= 11 is 0. The standard InChI is InChI=1S/C18H25N3O4/c1-10-16(23)18(25)17(24)14(21-10)9-20-15(22)7-6-11-8-19-13-5-3-2-4-12(11)13/h2-5,8,10,14,16-19,21,23-25H,6-7,9H2,1H3,(H,20,22)/t10-,14+,16+,17+,18+/m0/s1. The summed E-state index contributed by atoms with van der Waals surface area (Å²) in [6.45, 7) is 1.92. The van der Waals surface area contributed by atoms with E-state index < -0.39 is 24.4 Å². The highest BCUT2D eigenvalue weighted by Gasteiger charge is 2.40. The van der Waals surface area contributed by atoms with Crippen LogP contribution in [-0.4, -0.2) is 63.2 Å². The molecule has 1 fully saturated rings. The Morgan fingerprint density at radius 3 is 2.72 bits per heavy atom. The number of carbonyl (C=O) groups excluding carboxylic acids is 1. The minimum atomic E-state index is -1.22. The van der Waals surface area contributed by atoms with Gasteiger partial charge in [0.1, 0.15) is 6.10 Å². The quantitative estimate of drug-likeness (QED) is 0.442. The second kappa shape index (κ2) is 7.53. The van der Waals surface area contributed by atoms with E-state index in [-0.39, 0.29) is 18.5 Å². The zero-order valence-electron chi connectivity index (χ0n) is 14.1. The first-order chi connectivity index (χ1) is 12.0. The second-order valence-corrected chi connectivity index (χ2v) is 6.70. The molecule has 25 heavy (non-hydrogen) atoms. The Morgan fingerprint density at radius 2 is 1.92 bits per heavy atom. The summed E-state index contributed by atoms with van der Waals surface area (Å²) in [5.74, 6) is -0.118. The van der Waals surface area contributed by atoms with Crippen LogP contribution in [0, 0.1) is 0 Å². The van der Waals surface area contributed by atoms with Gasteiger partial charge in [0.15, 0.2) is 0 Å². The number of nitrogens with one attached hydrogen (secondary N) is 3. The van der Waals surface area contributed by atoms with Crippen molar-refractivity contribution in [1.82, 2.24) is 15.6 Å². The summed E-state index contributed by atoms with van der Waals surface area (Å²) in [6, 6.07) is 7.10. The number of aryl methyl sites for hydroxylation is 1. The third-order valence-electron chi connectivity index (χ3n) is 4.92. The third-order valence-corrected chi connectivity index (χ3v) is 4.92. The van der Waals surface area contributed by atoms with Gasteiger partial charge in [-0.15, -0.1) is 0 Å². The van der Waals surface area contributed by atoms with Crippen molar-refractivity contribution in [3.63, 3.8) is 0 Å². The number of fused-ring (bicyclic) bond motifs is 1. The SMILES string of the molecule is C[C@@H]1N[C@H](CNC(=O)CCc2c[nH]c3ccccc23)[C@@H](O)[C@H](O)[C@@H]1O. The number of aromatic nitrogens is 1. The van der Waals surface area contributed by atoms with Crippen molar-refractivity contribution in [3.05, 3.63) is 36.0 Å². The Hall–Kier alpha value is -1.93. The van der Waals surface area contributed by atoms with Crippen molar-refractivity contribution in [2.45, 2.75) is 50.2 Å². The number of aliphatic hydroxyl groups is 3. The topological polar surface area (TPSA) is 118 Å². The Balaban J connectivity index is 1.50. The highest BCUT2D eigenvalue weighted by molar-refractivity contribution is 5.84. The van der Waals surface area contributed by atoms with E-state index >= 15 is 0 Å². The summed E-state index contributed by atoms with van der Waals surface area (Å²) in [5, 5.41) is 36.5. The van der Waals surface area contributed by atoms with Crippen LogP contribution >= 0.6 is 0 Å². The minimum Gasteiger partial charge on any atom is -0.389 e. The Morgan fingerprint density at radius 1 is 1.16 bits per heavy atom. The fourth-order valence-electron chi connectivity index (χ4n) is 3.35. The summed E-state index contributed by atoms with van der Waals surface area (Å²) < 4.78 is 0. The van der Waals surface area contributed by atoms with Crippen molar-refractivity contribution >= 4 is 16.8 Å². The fourth-order valence-corrected chi connectivity index (χ4v) is 3.35. The zero-order chi connectivity index (χ0) is 18.0. The van der Waals surface area contributed by atoms with Gasteiger partial charge < -0.3 is 30.9 Å². The molecule has 1 aliphatic rings. The molecule has 2 aromatic rings. The Bertz CT molecular complexity index is 732. The molecule has 1 aliphatic heterocycles. The van der Waals surface area contributed by atoms with Crippen molar-refractivity contribution in [3.8, 4) is 0 Å². The van der Waals surface area contributed by atoms with Gasteiger partial charge in [0, 0.05) is 36.1 Å². The van der Waals surface area contributed by atoms with Crippen LogP contribution in [0.3, 0.4) is 0 Å². The van der Waals surface area contributed by atoms with Gasteiger partial charge in [-0.2, -0.15) is 0 Å². The van der Waals surface area contributed by atoms with Gasteiger partial charge in [0.25, 0.3) is 0 Å². The molecule has 7 heteroatoms. The predicted molar refractivity (Wildman–Crippen MR) is 94.0 cm³/mol. The number of carbonyl (C=O) groups is 1. The van der Waals surface area contributed by atoms with Crippen LogP contribution in [0.25, 0.3) is 10.9 Å². The van der Waals surface area contributed by atoms with Crippen LogP contribution in [-0.2, 0) is 11.2 Å². The van der Waals surface area contributed by atoms with Crippen molar-refractivity contribution in [2.24, 2.45) is 0 Å². The molecular weight excluding hydrogens is 322 g/mol. The van der Waals surface area contributed by atoms with Gasteiger partial charge in [-0.25, -0.2) is 0 Å². The first-order valence-electron chi connectivity index (χ1n) is 8.59. The van der Waals surface area contributed by atoms with E-state index in [1.807, 2.05) is 30.5 Å². The van der Waals surface area contributed by atoms with Crippen molar-refractivity contribution < 1.29 is 20.1 Å². The molecule has 7 nitrogen and oxygen atoms in total. The number of aliphatic hydroxyl groups excluding tert-OH is 3. The molecule has 6 N–H and O–H groups in total. The summed E-state index contributed by atoms with van der Waals surface area (Å²) in [7, 11) is 0. The number of hydrogen-bond acceptors (Lipinski definition) is 5. The number of rotatable bonds is 5. The van der Waals surface area contributed by atoms with E-state index in [0.29, 0.717) is 12.8 Å². The average molecular weight is 347 g/mol. The number of piperidine rings is 1. The maximum atomic E-state index is 12.1. The lowest BCUT2D eigenvalue weighted by Crippen LogP contribution is -2.66. The molecule has 1 amide bonds. The van der Waals surface area contributed by atoms with Gasteiger partial charge >= 0.3 is 0 Å². The number of H-pyrrole nitrogens is 1. The lowest BCUT2D eigenvalue weighted by atomic mass is 9.91. The van der Waals surface area contributed by atoms with Crippen LogP contribution in [0.15, 0.2) is 30.5 Å². The largest absolute Gasteiger partial charge is 0.389 e. The summed E-state index contributed by atoms with van der Waals surface area (Å²) in [4.78, 5) is 15.3. The van der Waals surface area contributed by atoms with E-state index in [0.717, 1.165) is 16.5 Å². The molecule has 3 rings (SSSR count). The smallest absolute Gasteiger partial charge is 0.220 e. The van der Waals surface area contributed by atoms with E-state index in [1.54, 1.807) is 6.92 Å². The van der Waals surface area contributed by atoms with Crippen LogP contribution in [0.2, 0.25) is 0 Å². The molecule has 0 bridgehead atoms. The van der Waals surface area contributed by atoms with Gasteiger partial charge in [0.05, 0.1) is 18.2 Å². The van der Waals surface area contributed by atoms with E-state index in [2.05, 4.69) is 15.6 Å². The molecule has 0 aliphatic carbocycles. The van der Waals surface area contributed by atoms with Crippen LogP contribution in [0.5, 0.6) is 0 Å². The molecule has 0 unspecified atom stereocenters. The van der Waals surface area contributed by atoms with Crippen molar-refractivity contribution in [2.75, 3.05) is 6.54 Å². The molecule has 1 aromatic carbocycles. The van der Waals surface area contributed by atoms with Gasteiger partial charge in [-0.3, -0.25) is 4.79 Å². The lowest BCUT2D eigenvalue weighted by Gasteiger charge is -2.40. The summed E-state index contributed by atoms with van der Waals surface area (Å²) in [6.07, 6.45) is -0.489. The maximum Gasteiger partial charge on any atom is 0.220 e. The number of amides is 1. The highest BCUT2D eigenvalue weighted by Crippen LogP contribution is 2.19. The molecule has 2 heterocycles. The molecule has 0 saturated carbocycles. The number of aromatic amines is 1. The first kappa shape index (κ1) is 17.9. The fraction of sp³-hybridized carbons (Fsp3) is 0.500. The lowest BCUT2D eigenvalue weighted by molar-refractivity contribution is -0.123. The van der Waals surface area contributed by atoms with Crippen LogP contribution in [0.1, 0.15) is 18.9 Å². The van der Waals surface area contributed by atoms with E-state index in [9.17, 15) is 20.1 Å². The monoisotopic (exact) mass is 347 g/mol. The zero-order valence-corrected chi connectivity index (χ0v) is 14.1. The number of benzene rings is 1. The molecule has 1 aromatic heterocycles. The van der Waals surface area contributed by atoms with E-state index in [4.69, 9.17) is 0 Å². The molecule has 0 spiro atoms. The highest BCUT2D eigenvalue weighted by atomic mass is 16.4. The Kier molecular flexibility index (Phi) is 5.39. The number of hydrogen-bond donors (Lipinski definition) is 6. The van der Waals surface area contributed by atoms with Crippen LogP contribution in [0.4, 0.5) is 0 Å². The van der Waals surface area contributed by atoms with Gasteiger partial charge in [-0.1, -0.05) is 18.2 Å². The normalized spacial score (nSPS) is 29.7. The molecule has 5 atom stereocenters. The third kappa shape index (κ3) is 3.85. The maximum absolute atomic E-state index is 12.1. The molecule has 1 saturated heterocycles. The first-order valence-corrected chi connectivity index (χ1v) is 8.59. The Labute approximate surface area is 146 Å². The molecule has 136 valence electrons. The summed E-state index contributed by atoms with van der Waals surface area (Å²) in [5.41, 5.74) is 2.14. The molecule has 0 radical (unpaired) electrons. The van der Waals surface area contributed by atoms with E-state index in [1.165, 1.54) is 0 Å².